The van der Waals surface area contributed by atoms with Crippen molar-refractivity contribution in [3.63, 3.8) is 0 Å². The van der Waals surface area contributed by atoms with E-state index in [1.807, 2.05) is 6.92 Å². The van der Waals surface area contributed by atoms with Crippen molar-refractivity contribution in [2.75, 3.05) is 11.9 Å². The van der Waals surface area contributed by atoms with E-state index in [0.29, 0.717) is 24.5 Å². The first kappa shape index (κ1) is 14.5. The third-order valence-corrected chi connectivity index (χ3v) is 2.55. The average Bonchev–Trinajstić information content (AvgIpc) is 2.51. The molecule has 0 atom stereocenters. The summed E-state index contributed by atoms with van der Waals surface area (Å²) in [4.78, 5) is 10.8. The van der Waals surface area contributed by atoms with Gasteiger partial charge in [0.25, 0.3) is 0 Å². The SMILES string of the molecule is CCCc1nn(C)c(NCC(C)(C)C)c1[N+](=O)[O-]. The number of anilines is 1. The Bertz CT molecular complexity index is 432. The molecule has 0 spiro atoms. The van der Waals surface area contributed by atoms with Crippen LogP contribution in [0, 0.1) is 15.5 Å². The molecule has 0 radical (unpaired) electrons. The van der Waals surface area contributed by atoms with E-state index in [2.05, 4.69) is 31.2 Å². The topological polar surface area (TPSA) is 73.0 Å². The number of nitrogens with zero attached hydrogens (tertiary/aromatic N) is 3. The van der Waals surface area contributed by atoms with Crippen LogP contribution >= 0.6 is 0 Å². The molecule has 102 valence electrons. The second-order valence-corrected chi connectivity index (χ2v) is 5.69. The summed E-state index contributed by atoms with van der Waals surface area (Å²) < 4.78 is 1.56. The van der Waals surface area contributed by atoms with E-state index in [4.69, 9.17) is 0 Å². The zero-order valence-electron chi connectivity index (χ0n) is 11.8. The van der Waals surface area contributed by atoms with Crippen LogP contribution in [0.2, 0.25) is 0 Å². The maximum atomic E-state index is 11.2. The highest BCUT2D eigenvalue weighted by atomic mass is 16.6. The molecule has 1 rings (SSSR count). The second kappa shape index (κ2) is 5.37. The molecule has 0 unspecified atom stereocenters. The number of hydrogen-bond acceptors (Lipinski definition) is 4. The molecule has 0 saturated heterocycles. The highest BCUT2D eigenvalue weighted by molar-refractivity contribution is 5.59. The molecule has 6 heteroatoms. The van der Waals surface area contributed by atoms with Gasteiger partial charge in [-0.3, -0.25) is 10.1 Å². The van der Waals surface area contributed by atoms with Crippen molar-refractivity contribution in [3.8, 4) is 0 Å². The molecule has 18 heavy (non-hydrogen) atoms. The van der Waals surface area contributed by atoms with Gasteiger partial charge in [-0.25, -0.2) is 4.68 Å². The smallest absolute Gasteiger partial charge is 0.333 e. The van der Waals surface area contributed by atoms with Crippen LogP contribution < -0.4 is 5.32 Å². The Morgan fingerprint density at radius 3 is 2.50 bits per heavy atom. The van der Waals surface area contributed by atoms with Crippen LogP contribution in [0.3, 0.4) is 0 Å². The third kappa shape index (κ3) is 3.45. The minimum absolute atomic E-state index is 0.0586. The average molecular weight is 254 g/mol. The van der Waals surface area contributed by atoms with Gasteiger partial charge in [-0.15, -0.1) is 0 Å². The maximum absolute atomic E-state index is 11.2. The Kier molecular flexibility index (Phi) is 4.32. The van der Waals surface area contributed by atoms with Gasteiger partial charge >= 0.3 is 5.69 Å². The van der Waals surface area contributed by atoms with Crippen molar-refractivity contribution in [2.45, 2.75) is 40.5 Å². The van der Waals surface area contributed by atoms with Crippen LogP contribution in [0.1, 0.15) is 39.8 Å². The van der Waals surface area contributed by atoms with Gasteiger partial charge in [-0.05, 0) is 11.8 Å². The van der Waals surface area contributed by atoms with Gasteiger partial charge in [0.15, 0.2) is 0 Å². The number of rotatable bonds is 5. The monoisotopic (exact) mass is 254 g/mol. The van der Waals surface area contributed by atoms with Gasteiger partial charge in [-0.1, -0.05) is 34.1 Å². The zero-order valence-corrected chi connectivity index (χ0v) is 11.8. The van der Waals surface area contributed by atoms with Crippen molar-refractivity contribution in [1.29, 1.82) is 0 Å². The largest absolute Gasteiger partial charge is 0.364 e. The summed E-state index contributed by atoms with van der Waals surface area (Å²) in [6, 6.07) is 0. The van der Waals surface area contributed by atoms with Crippen LogP contribution in [-0.4, -0.2) is 21.2 Å². The van der Waals surface area contributed by atoms with Gasteiger partial charge in [-0.2, -0.15) is 5.10 Å². The first-order valence-corrected chi connectivity index (χ1v) is 6.20. The van der Waals surface area contributed by atoms with Gasteiger partial charge in [0.2, 0.25) is 5.82 Å². The minimum Gasteiger partial charge on any atom is -0.364 e. The first-order valence-electron chi connectivity index (χ1n) is 6.20. The maximum Gasteiger partial charge on any atom is 0.333 e. The zero-order chi connectivity index (χ0) is 13.9. The molecule has 0 bridgehead atoms. The lowest BCUT2D eigenvalue weighted by Crippen LogP contribution is -2.20. The Labute approximate surface area is 108 Å². The number of aryl methyl sites for hydroxylation is 2. The molecule has 6 nitrogen and oxygen atoms in total. The van der Waals surface area contributed by atoms with Crippen LogP contribution in [0.15, 0.2) is 0 Å². The molecule has 0 fully saturated rings. The fraction of sp³-hybridized carbons (Fsp3) is 0.750. The predicted molar refractivity (Wildman–Crippen MR) is 71.8 cm³/mol. The fourth-order valence-electron chi connectivity index (χ4n) is 1.71. The summed E-state index contributed by atoms with van der Waals surface area (Å²) >= 11 is 0. The standard InChI is InChI=1S/C12H22N4O2/c1-6-7-9-10(16(17)18)11(15(5)14-9)13-8-12(2,3)4/h13H,6-8H2,1-5H3. The Morgan fingerprint density at radius 2 is 2.06 bits per heavy atom. The number of nitro groups is 1. The summed E-state index contributed by atoms with van der Waals surface area (Å²) in [5, 5.41) is 18.5. The van der Waals surface area contributed by atoms with Crippen molar-refractivity contribution < 1.29 is 4.92 Å². The summed E-state index contributed by atoms with van der Waals surface area (Å²) in [5.74, 6) is 0.498. The van der Waals surface area contributed by atoms with E-state index in [0.717, 1.165) is 6.42 Å². The molecule has 1 aromatic heterocycles. The molecule has 0 saturated carbocycles. The summed E-state index contributed by atoms with van der Waals surface area (Å²) in [6.45, 7) is 8.89. The molecule has 0 aliphatic carbocycles. The van der Waals surface area contributed by atoms with E-state index in [1.54, 1.807) is 11.7 Å². The van der Waals surface area contributed by atoms with E-state index in [1.165, 1.54) is 0 Å². The lowest BCUT2D eigenvalue weighted by Gasteiger charge is -2.19. The van der Waals surface area contributed by atoms with Gasteiger partial charge in [0.1, 0.15) is 5.69 Å². The van der Waals surface area contributed by atoms with E-state index >= 15 is 0 Å². The van der Waals surface area contributed by atoms with E-state index in [9.17, 15) is 10.1 Å². The highest BCUT2D eigenvalue weighted by Gasteiger charge is 2.26. The third-order valence-electron chi connectivity index (χ3n) is 2.55. The van der Waals surface area contributed by atoms with Crippen molar-refractivity contribution >= 4 is 11.5 Å². The molecule has 0 amide bonds. The summed E-state index contributed by atoms with van der Waals surface area (Å²) in [7, 11) is 1.73. The number of hydrogen-bond donors (Lipinski definition) is 1. The molecule has 0 aliphatic heterocycles. The molecule has 1 N–H and O–H groups in total. The number of aromatic nitrogens is 2. The lowest BCUT2D eigenvalue weighted by atomic mass is 9.97. The van der Waals surface area contributed by atoms with Crippen LogP contribution in [0.5, 0.6) is 0 Å². The molecular weight excluding hydrogens is 232 g/mol. The van der Waals surface area contributed by atoms with Crippen LogP contribution in [0.25, 0.3) is 0 Å². The summed E-state index contributed by atoms with van der Waals surface area (Å²) in [5.41, 5.74) is 0.730. The Morgan fingerprint density at radius 1 is 1.44 bits per heavy atom. The molecule has 0 aromatic carbocycles. The Balaban J connectivity index is 3.05. The lowest BCUT2D eigenvalue weighted by molar-refractivity contribution is -0.384. The van der Waals surface area contributed by atoms with Crippen molar-refractivity contribution in [2.24, 2.45) is 12.5 Å². The summed E-state index contributed by atoms with van der Waals surface area (Å²) in [6.07, 6.45) is 1.47. The van der Waals surface area contributed by atoms with E-state index < -0.39 is 0 Å². The minimum atomic E-state index is -0.344. The van der Waals surface area contributed by atoms with Gasteiger partial charge < -0.3 is 5.32 Å². The molecular formula is C12H22N4O2. The fourth-order valence-corrected chi connectivity index (χ4v) is 1.71. The molecule has 1 heterocycles. The van der Waals surface area contributed by atoms with Crippen LogP contribution in [0.4, 0.5) is 11.5 Å². The van der Waals surface area contributed by atoms with Crippen molar-refractivity contribution in [3.05, 3.63) is 15.8 Å². The van der Waals surface area contributed by atoms with Gasteiger partial charge in [0.05, 0.1) is 4.92 Å². The molecule has 1 aromatic rings. The first-order chi connectivity index (χ1) is 8.26. The van der Waals surface area contributed by atoms with Gasteiger partial charge in [0, 0.05) is 13.6 Å². The predicted octanol–water partition coefficient (Wildman–Crippen LogP) is 2.74. The van der Waals surface area contributed by atoms with Crippen molar-refractivity contribution in [1.82, 2.24) is 9.78 Å². The second-order valence-electron chi connectivity index (χ2n) is 5.69. The molecule has 0 aliphatic rings. The quantitative estimate of drug-likeness (QED) is 0.647. The normalized spacial score (nSPS) is 11.6. The van der Waals surface area contributed by atoms with Crippen LogP contribution in [-0.2, 0) is 13.5 Å². The number of nitrogens with one attached hydrogen (secondary N) is 1. The van der Waals surface area contributed by atoms with E-state index in [-0.39, 0.29) is 16.0 Å². The highest BCUT2D eigenvalue weighted by Crippen LogP contribution is 2.29. The Hall–Kier alpha value is -1.59.